The predicted octanol–water partition coefficient (Wildman–Crippen LogP) is 4.22. The van der Waals surface area contributed by atoms with Crippen molar-refractivity contribution in [3.63, 3.8) is 0 Å². The van der Waals surface area contributed by atoms with E-state index in [1.54, 1.807) is 0 Å². The Hall–Kier alpha value is -2.18. The molecule has 6 heteroatoms. The van der Waals surface area contributed by atoms with Gasteiger partial charge >= 0.3 is 0 Å². The van der Waals surface area contributed by atoms with E-state index in [0.717, 1.165) is 29.8 Å². The summed E-state index contributed by atoms with van der Waals surface area (Å²) in [5.41, 5.74) is 2.48. The lowest BCUT2D eigenvalue weighted by atomic mass is 10.1. The molecule has 0 saturated heterocycles. The van der Waals surface area contributed by atoms with Crippen molar-refractivity contribution in [3.8, 4) is 0 Å². The molecule has 3 aromatic rings. The molecule has 1 aromatic heterocycles. The molecule has 2 aromatic carbocycles. The van der Waals surface area contributed by atoms with Gasteiger partial charge in [-0.25, -0.2) is 0 Å². The zero-order chi connectivity index (χ0) is 17.5. The van der Waals surface area contributed by atoms with Gasteiger partial charge in [-0.05, 0) is 41.9 Å². The van der Waals surface area contributed by atoms with Gasteiger partial charge < -0.3 is 10.6 Å². The fourth-order valence-electron chi connectivity index (χ4n) is 2.42. The smallest absolute Gasteiger partial charge is 0.172 e. The summed E-state index contributed by atoms with van der Waals surface area (Å²) in [5.74, 6) is 0.745. The second-order valence-electron chi connectivity index (χ2n) is 5.64. The van der Waals surface area contributed by atoms with Crippen LogP contribution >= 0.6 is 28.1 Å². The van der Waals surface area contributed by atoms with Crippen molar-refractivity contribution in [2.45, 2.75) is 13.0 Å². The van der Waals surface area contributed by atoms with Crippen LogP contribution in [0.1, 0.15) is 11.1 Å². The zero-order valence-electron chi connectivity index (χ0n) is 13.7. The van der Waals surface area contributed by atoms with Gasteiger partial charge in [-0.1, -0.05) is 58.4 Å². The summed E-state index contributed by atoms with van der Waals surface area (Å²) in [6.07, 6.45) is 2.87. The van der Waals surface area contributed by atoms with E-state index in [0.29, 0.717) is 5.11 Å². The summed E-state index contributed by atoms with van der Waals surface area (Å²) in [5, 5.41) is 11.4. The fourth-order valence-corrected chi connectivity index (χ4v) is 2.89. The highest BCUT2D eigenvalue weighted by Gasteiger charge is 2.03. The fraction of sp³-hybridized carbons (Fsp3) is 0.158. The van der Waals surface area contributed by atoms with Crippen LogP contribution in [0.25, 0.3) is 0 Å². The van der Waals surface area contributed by atoms with Gasteiger partial charge in [0.1, 0.15) is 0 Å². The van der Waals surface area contributed by atoms with E-state index < -0.39 is 0 Å². The Labute approximate surface area is 161 Å². The number of halogens is 1. The molecule has 2 N–H and O–H groups in total. The average Bonchev–Trinajstić information content (AvgIpc) is 3.05. The van der Waals surface area contributed by atoms with Crippen molar-refractivity contribution < 1.29 is 0 Å². The predicted molar refractivity (Wildman–Crippen MR) is 110 cm³/mol. The van der Waals surface area contributed by atoms with Crippen molar-refractivity contribution in [1.29, 1.82) is 0 Å². The maximum atomic E-state index is 5.33. The molecular weight excluding hydrogens is 396 g/mol. The summed E-state index contributed by atoms with van der Waals surface area (Å²) in [7, 11) is 0. The van der Waals surface area contributed by atoms with Crippen LogP contribution < -0.4 is 10.6 Å². The number of anilines is 1. The van der Waals surface area contributed by atoms with Gasteiger partial charge in [-0.3, -0.25) is 4.68 Å². The van der Waals surface area contributed by atoms with E-state index in [1.807, 2.05) is 47.3 Å². The second-order valence-corrected chi connectivity index (χ2v) is 6.97. The topological polar surface area (TPSA) is 41.9 Å². The molecular formula is C19H19BrN4S. The van der Waals surface area contributed by atoms with Crippen LogP contribution in [0.5, 0.6) is 0 Å². The van der Waals surface area contributed by atoms with Gasteiger partial charge in [0.25, 0.3) is 0 Å². The first kappa shape index (κ1) is 17.6. The minimum absolute atomic E-state index is 0.588. The number of thiocarbonyl (C=S) groups is 1. The molecule has 0 aliphatic heterocycles. The highest BCUT2D eigenvalue weighted by molar-refractivity contribution is 9.10. The number of hydrogen-bond acceptors (Lipinski definition) is 2. The molecule has 0 amide bonds. The van der Waals surface area contributed by atoms with Crippen LogP contribution in [0.2, 0.25) is 0 Å². The van der Waals surface area contributed by atoms with Gasteiger partial charge in [-0.2, -0.15) is 5.10 Å². The van der Waals surface area contributed by atoms with Gasteiger partial charge in [0, 0.05) is 23.3 Å². The van der Waals surface area contributed by atoms with Crippen LogP contribution in [0.3, 0.4) is 0 Å². The summed E-state index contributed by atoms with van der Waals surface area (Å²) < 4.78 is 2.96. The van der Waals surface area contributed by atoms with E-state index in [1.165, 1.54) is 11.1 Å². The van der Waals surface area contributed by atoms with Gasteiger partial charge in [0.05, 0.1) is 6.54 Å². The monoisotopic (exact) mass is 414 g/mol. The van der Waals surface area contributed by atoms with Crippen molar-refractivity contribution >= 4 is 39.1 Å². The molecule has 128 valence electrons. The standard InChI is InChI=1S/C19H19BrN4S/c20-17-8-6-16(7-9-17)14-24-13-11-18(23-24)22-19(25)21-12-10-15-4-2-1-3-5-15/h1-9,11,13H,10,12,14H2,(H2,21,22,23,25). The van der Waals surface area contributed by atoms with Crippen LogP contribution in [0.15, 0.2) is 71.3 Å². The molecule has 1 heterocycles. The molecule has 0 atom stereocenters. The Morgan fingerprint density at radius 3 is 2.52 bits per heavy atom. The Balaban J connectivity index is 1.45. The van der Waals surface area contributed by atoms with Gasteiger partial charge in [-0.15, -0.1) is 0 Å². The highest BCUT2D eigenvalue weighted by atomic mass is 79.9. The van der Waals surface area contributed by atoms with Crippen LogP contribution in [-0.2, 0) is 13.0 Å². The van der Waals surface area contributed by atoms with Crippen LogP contribution in [0.4, 0.5) is 5.82 Å². The SMILES string of the molecule is S=C(NCCc1ccccc1)Nc1ccn(Cc2ccc(Br)cc2)n1. The largest absolute Gasteiger partial charge is 0.362 e. The molecule has 0 spiro atoms. The van der Waals surface area contributed by atoms with Gasteiger partial charge in [0.15, 0.2) is 10.9 Å². The third kappa shape index (κ3) is 5.69. The van der Waals surface area contributed by atoms with E-state index in [2.05, 4.69) is 55.9 Å². The molecule has 3 rings (SSSR count). The Morgan fingerprint density at radius 1 is 1.00 bits per heavy atom. The van der Waals surface area contributed by atoms with Crippen molar-refractivity contribution in [1.82, 2.24) is 15.1 Å². The minimum Gasteiger partial charge on any atom is -0.362 e. The molecule has 4 nitrogen and oxygen atoms in total. The molecule has 0 radical (unpaired) electrons. The van der Waals surface area contributed by atoms with Crippen LogP contribution in [-0.4, -0.2) is 21.4 Å². The summed E-state index contributed by atoms with van der Waals surface area (Å²) in [4.78, 5) is 0. The number of aromatic nitrogens is 2. The lowest BCUT2D eigenvalue weighted by Gasteiger charge is -2.08. The normalized spacial score (nSPS) is 10.4. The highest BCUT2D eigenvalue weighted by Crippen LogP contribution is 2.12. The molecule has 0 saturated carbocycles. The van der Waals surface area contributed by atoms with E-state index in [9.17, 15) is 0 Å². The van der Waals surface area contributed by atoms with E-state index >= 15 is 0 Å². The van der Waals surface area contributed by atoms with Gasteiger partial charge in [0.2, 0.25) is 0 Å². The first-order valence-corrected chi connectivity index (χ1v) is 9.26. The van der Waals surface area contributed by atoms with Crippen molar-refractivity contribution in [2.75, 3.05) is 11.9 Å². The summed E-state index contributed by atoms with van der Waals surface area (Å²) >= 11 is 8.77. The molecule has 0 unspecified atom stereocenters. The zero-order valence-corrected chi connectivity index (χ0v) is 16.1. The van der Waals surface area contributed by atoms with E-state index in [4.69, 9.17) is 12.2 Å². The number of nitrogens with zero attached hydrogens (tertiary/aromatic N) is 2. The Bertz CT molecular complexity index is 815. The molecule has 0 aliphatic carbocycles. The molecule has 0 fully saturated rings. The lowest BCUT2D eigenvalue weighted by molar-refractivity contribution is 0.689. The Morgan fingerprint density at radius 2 is 1.76 bits per heavy atom. The second kappa shape index (κ2) is 8.78. The molecule has 0 bridgehead atoms. The average molecular weight is 415 g/mol. The van der Waals surface area contributed by atoms with Crippen molar-refractivity contribution in [3.05, 3.63) is 82.5 Å². The van der Waals surface area contributed by atoms with E-state index in [-0.39, 0.29) is 0 Å². The number of rotatable bonds is 6. The summed E-state index contributed by atoms with van der Waals surface area (Å²) in [6.45, 7) is 1.51. The molecule has 25 heavy (non-hydrogen) atoms. The number of hydrogen-bond donors (Lipinski definition) is 2. The number of nitrogens with one attached hydrogen (secondary N) is 2. The van der Waals surface area contributed by atoms with Crippen LogP contribution in [0, 0.1) is 0 Å². The summed E-state index contributed by atoms with van der Waals surface area (Å²) in [6, 6.07) is 20.5. The Kier molecular flexibility index (Phi) is 6.19. The number of benzene rings is 2. The third-order valence-electron chi connectivity index (χ3n) is 3.68. The first-order valence-electron chi connectivity index (χ1n) is 8.06. The third-order valence-corrected chi connectivity index (χ3v) is 4.46. The molecule has 0 aliphatic rings. The maximum absolute atomic E-state index is 5.33. The first-order chi connectivity index (χ1) is 12.2. The lowest BCUT2D eigenvalue weighted by Crippen LogP contribution is -2.30. The maximum Gasteiger partial charge on any atom is 0.172 e. The quantitative estimate of drug-likeness (QED) is 0.592. The van der Waals surface area contributed by atoms with Crippen molar-refractivity contribution in [2.24, 2.45) is 0 Å². The minimum atomic E-state index is 0.588.